The molecule has 0 saturated heterocycles. The highest BCUT2D eigenvalue weighted by Gasteiger charge is 2.04. The van der Waals surface area contributed by atoms with Gasteiger partial charge in [0.15, 0.2) is 5.96 Å². The Morgan fingerprint density at radius 3 is 1.91 bits per heavy atom. The van der Waals surface area contributed by atoms with Crippen LogP contribution in [-0.4, -0.2) is 44.0 Å². The Balaban J connectivity index is 2.01. The smallest absolute Gasteiger partial charge is 0.195 e. The third-order valence-corrected chi connectivity index (χ3v) is 3.11. The zero-order chi connectivity index (χ0) is 15.9. The fourth-order valence-corrected chi connectivity index (χ4v) is 2.13. The summed E-state index contributed by atoms with van der Waals surface area (Å²) in [6, 6.07) is 17.8. The van der Waals surface area contributed by atoms with Gasteiger partial charge in [-0.3, -0.25) is 0 Å². The number of benzene rings is 2. The fraction of sp³-hybridized carbons (Fsp3) is 0.278. The number of ether oxygens (including phenoxy) is 1. The molecule has 0 saturated carbocycles. The van der Waals surface area contributed by atoms with Gasteiger partial charge in [-0.1, -0.05) is 30.3 Å². The lowest BCUT2D eigenvalue weighted by molar-refractivity contribution is 0.478. The maximum Gasteiger partial charge on any atom is 0.195 e. The van der Waals surface area contributed by atoms with E-state index < -0.39 is 0 Å². The van der Waals surface area contributed by atoms with E-state index in [9.17, 15) is 0 Å². The minimum Gasteiger partial charge on any atom is -0.457 e. The van der Waals surface area contributed by atoms with Crippen molar-refractivity contribution in [3.05, 3.63) is 60.2 Å². The molecule has 0 aliphatic carbocycles. The van der Waals surface area contributed by atoms with Gasteiger partial charge in [-0.2, -0.15) is 0 Å². The van der Waals surface area contributed by atoms with Crippen molar-refractivity contribution in [3.8, 4) is 11.5 Å². The van der Waals surface area contributed by atoms with E-state index in [1.807, 2.05) is 92.6 Å². The number of hydrogen-bond donors (Lipinski definition) is 0. The minimum atomic E-state index is 0.650. The van der Waals surface area contributed by atoms with Crippen molar-refractivity contribution in [2.24, 2.45) is 4.99 Å². The van der Waals surface area contributed by atoms with E-state index in [0.29, 0.717) is 6.54 Å². The van der Waals surface area contributed by atoms with Gasteiger partial charge in [0.25, 0.3) is 0 Å². The first-order valence-electron chi connectivity index (χ1n) is 7.27. The van der Waals surface area contributed by atoms with Gasteiger partial charge < -0.3 is 14.5 Å². The summed E-state index contributed by atoms with van der Waals surface area (Å²) < 4.78 is 5.78. The van der Waals surface area contributed by atoms with Crippen LogP contribution in [0.1, 0.15) is 5.56 Å². The van der Waals surface area contributed by atoms with Gasteiger partial charge in [-0.25, -0.2) is 4.99 Å². The summed E-state index contributed by atoms with van der Waals surface area (Å²) in [6.45, 7) is 0.650. The normalized spacial score (nSPS) is 10.0. The minimum absolute atomic E-state index is 0.650. The quantitative estimate of drug-likeness (QED) is 0.639. The SMILES string of the molecule is CN(C)C(=NCc1ccc(Oc2ccccc2)cc1)N(C)C. The molecule has 0 aromatic heterocycles. The highest BCUT2D eigenvalue weighted by Crippen LogP contribution is 2.21. The summed E-state index contributed by atoms with van der Waals surface area (Å²) in [5, 5.41) is 0. The zero-order valence-corrected chi connectivity index (χ0v) is 13.7. The molecule has 116 valence electrons. The maximum absolute atomic E-state index is 5.78. The number of guanidine groups is 1. The molecule has 0 aliphatic heterocycles. The van der Waals surface area contributed by atoms with Gasteiger partial charge in [0.05, 0.1) is 6.54 Å². The van der Waals surface area contributed by atoms with Crippen molar-refractivity contribution in [1.82, 2.24) is 9.80 Å². The van der Waals surface area contributed by atoms with Crippen LogP contribution in [0.15, 0.2) is 59.6 Å². The van der Waals surface area contributed by atoms with Crippen molar-refractivity contribution < 1.29 is 4.74 Å². The lowest BCUT2D eigenvalue weighted by atomic mass is 10.2. The van der Waals surface area contributed by atoms with Crippen molar-refractivity contribution in [3.63, 3.8) is 0 Å². The Morgan fingerprint density at radius 1 is 0.818 bits per heavy atom. The molecule has 0 aliphatic rings. The molecule has 0 radical (unpaired) electrons. The first-order valence-corrected chi connectivity index (χ1v) is 7.27. The average Bonchev–Trinajstić information content (AvgIpc) is 2.49. The molecule has 0 unspecified atom stereocenters. The van der Waals surface area contributed by atoms with Gasteiger partial charge in [0.1, 0.15) is 11.5 Å². The summed E-state index contributed by atoms with van der Waals surface area (Å²) in [7, 11) is 7.98. The first-order chi connectivity index (χ1) is 10.6. The van der Waals surface area contributed by atoms with Gasteiger partial charge in [-0.15, -0.1) is 0 Å². The molecule has 4 heteroatoms. The Kier molecular flexibility index (Phi) is 5.42. The molecule has 0 heterocycles. The molecule has 2 aromatic carbocycles. The Labute approximate surface area is 132 Å². The van der Waals surface area contributed by atoms with Crippen molar-refractivity contribution >= 4 is 5.96 Å². The summed E-state index contributed by atoms with van der Waals surface area (Å²) >= 11 is 0. The number of aliphatic imine (C=N–C) groups is 1. The third kappa shape index (κ3) is 4.52. The highest BCUT2D eigenvalue weighted by atomic mass is 16.5. The molecule has 0 bridgehead atoms. The van der Waals surface area contributed by atoms with E-state index in [1.54, 1.807) is 0 Å². The average molecular weight is 297 g/mol. The molecule has 2 aromatic rings. The number of hydrogen-bond acceptors (Lipinski definition) is 2. The van der Waals surface area contributed by atoms with Crippen molar-refractivity contribution in [2.75, 3.05) is 28.2 Å². The standard InChI is InChI=1S/C18H23N3O/c1-20(2)18(21(3)4)19-14-15-10-12-17(13-11-15)22-16-8-6-5-7-9-16/h5-13H,14H2,1-4H3. The summed E-state index contributed by atoms with van der Waals surface area (Å²) in [4.78, 5) is 8.65. The first kappa shape index (κ1) is 15.9. The second kappa shape index (κ2) is 7.50. The van der Waals surface area contributed by atoms with Crippen LogP contribution in [0.3, 0.4) is 0 Å². The van der Waals surface area contributed by atoms with Crippen LogP contribution in [0.4, 0.5) is 0 Å². The fourth-order valence-electron chi connectivity index (χ4n) is 2.13. The van der Waals surface area contributed by atoms with E-state index in [2.05, 4.69) is 4.99 Å². The monoisotopic (exact) mass is 297 g/mol. The summed E-state index contributed by atoms with van der Waals surface area (Å²) in [5.41, 5.74) is 1.15. The summed E-state index contributed by atoms with van der Waals surface area (Å²) in [6.07, 6.45) is 0. The Hall–Kier alpha value is -2.49. The summed E-state index contributed by atoms with van der Waals surface area (Å²) in [5.74, 6) is 2.62. The van der Waals surface area contributed by atoms with Crippen LogP contribution in [0, 0.1) is 0 Å². The van der Waals surface area contributed by atoms with E-state index in [0.717, 1.165) is 23.0 Å². The molecule has 2 rings (SSSR count). The molecule has 4 nitrogen and oxygen atoms in total. The van der Waals surface area contributed by atoms with Crippen LogP contribution in [0.5, 0.6) is 11.5 Å². The van der Waals surface area contributed by atoms with Gasteiger partial charge in [0.2, 0.25) is 0 Å². The topological polar surface area (TPSA) is 28.1 Å². The molecule has 0 N–H and O–H groups in total. The number of rotatable bonds is 4. The molecule has 0 amide bonds. The second-order valence-electron chi connectivity index (χ2n) is 5.46. The second-order valence-corrected chi connectivity index (χ2v) is 5.46. The predicted octanol–water partition coefficient (Wildman–Crippen LogP) is 3.46. The van der Waals surface area contributed by atoms with E-state index in [1.165, 1.54) is 0 Å². The zero-order valence-electron chi connectivity index (χ0n) is 13.7. The van der Waals surface area contributed by atoms with Gasteiger partial charge in [0, 0.05) is 28.2 Å². The van der Waals surface area contributed by atoms with Crippen LogP contribution < -0.4 is 4.74 Å². The van der Waals surface area contributed by atoms with E-state index in [-0.39, 0.29) is 0 Å². The van der Waals surface area contributed by atoms with Crippen LogP contribution in [0.2, 0.25) is 0 Å². The van der Waals surface area contributed by atoms with Crippen LogP contribution in [-0.2, 0) is 6.54 Å². The lowest BCUT2D eigenvalue weighted by Gasteiger charge is -2.22. The van der Waals surface area contributed by atoms with E-state index in [4.69, 9.17) is 4.74 Å². The molecule has 22 heavy (non-hydrogen) atoms. The van der Waals surface area contributed by atoms with Gasteiger partial charge >= 0.3 is 0 Å². The molecule has 0 spiro atoms. The maximum atomic E-state index is 5.78. The van der Waals surface area contributed by atoms with Crippen molar-refractivity contribution in [1.29, 1.82) is 0 Å². The van der Waals surface area contributed by atoms with Crippen molar-refractivity contribution in [2.45, 2.75) is 6.54 Å². The van der Waals surface area contributed by atoms with Crippen LogP contribution >= 0.6 is 0 Å². The predicted molar refractivity (Wildman–Crippen MR) is 91.5 cm³/mol. The Morgan fingerprint density at radius 2 is 1.36 bits per heavy atom. The van der Waals surface area contributed by atoms with Crippen LogP contribution in [0.25, 0.3) is 0 Å². The largest absolute Gasteiger partial charge is 0.457 e. The van der Waals surface area contributed by atoms with Gasteiger partial charge in [-0.05, 0) is 29.8 Å². The molecule has 0 atom stereocenters. The number of para-hydroxylation sites is 1. The Bertz CT molecular complexity index is 594. The molecular weight excluding hydrogens is 274 g/mol. The number of nitrogens with zero attached hydrogens (tertiary/aromatic N) is 3. The highest BCUT2D eigenvalue weighted by molar-refractivity contribution is 5.79. The lowest BCUT2D eigenvalue weighted by Crippen LogP contribution is -2.35. The molecule has 0 fully saturated rings. The third-order valence-electron chi connectivity index (χ3n) is 3.11. The van der Waals surface area contributed by atoms with E-state index >= 15 is 0 Å². The molecular formula is C18H23N3O.